The van der Waals surface area contributed by atoms with E-state index in [0.717, 1.165) is 28.9 Å². The zero-order valence-electron chi connectivity index (χ0n) is 21.3. The minimum atomic E-state index is -5.59. The lowest BCUT2D eigenvalue weighted by atomic mass is 9.84. The topological polar surface area (TPSA) is 97.1 Å². The van der Waals surface area contributed by atoms with Crippen molar-refractivity contribution < 1.29 is 67.1 Å². The van der Waals surface area contributed by atoms with Crippen molar-refractivity contribution in [1.82, 2.24) is 20.0 Å². The number of nitrogens with one attached hydrogen (secondary N) is 2. The maximum Gasteiger partial charge on any atom is 0.435 e. The number of oxime groups is 1. The smallest absolute Gasteiger partial charge is 0.374 e. The quantitative estimate of drug-likeness (QED) is 0.352. The molecule has 2 aromatic heterocycles. The Balaban J connectivity index is 1.67. The number of pyridine rings is 1. The average molecular weight is 649 g/mol. The molecule has 0 saturated heterocycles. The molecule has 0 bridgehead atoms. The summed E-state index contributed by atoms with van der Waals surface area (Å²) in [5, 5.41) is 6.89. The Kier molecular flexibility index (Phi) is 8.01. The summed E-state index contributed by atoms with van der Waals surface area (Å²) in [6.45, 7) is -2.55. The second-order valence-electron chi connectivity index (χ2n) is 9.25. The highest BCUT2D eigenvalue weighted by Gasteiger charge is 2.63. The van der Waals surface area contributed by atoms with Crippen molar-refractivity contribution in [2.24, 2.45) is 5.16 Å². The van der Waals surface area contributed by atoms with Gasteiger partial charge in [-0.15, -0.1) is 0 Å². The summed E-state index contributed by atoms with van der Waals surface area (Å²) in [4.78, 5) is 32.7. The number of aromatic nitrogens is 2. The highest BCUT2D eigenvalue weighted by molar-refractivity contribution is 6.07. The Morgan fingerprint density at radius 1 is 0.886 bits per heavy atom. The largest absolute Gasteiger partial charge is 0.435 e. The summed E-state index contributed by atoms with van der Waals surface area (Å²) in [5.41, 5.74) is -10.8. The van der Waals surface area contributed by atoms with Gasteiger partial charge in [0.05, 0.1) is 29.8 Å². The molecule has 3 heterocycles. The van der Waals surface area contributed by atoms with Crippen molar-refractivity contribution >= 4 is 23.2 Å². The van der Waals surface area contributed by atoms with Crippen molar-refractivity contribution in [2.45, 2.75) is 36.7 Å². The molecule has 2 N–H and O–H groups in total. The molecule has 4 rings (SSSR count). The Morgan fingerprint density at radius 3 is 2.05 bits per heavy atom. The molecule has 1 aliphatic heterocycles. The fraction of sp³-hybridized carbons (Fsp3) is 0.333. The molecule has 0 aliphatic carbocycles. The van der Waals surface area contributed by atoms with E-state index >= 15 is 0 Å². The first-order valence-electron chi connectivity index (χ1n) is 11.8. The molecular weight excluding hydrogens is 634 g/mol. The third-order valence-corrected chi connectivity index (χ3v) is 6.23. The average Bonchev–Trinajstić information content (AvgIpc) is 3.57. The van der Waals surface area contributed by atoms with Crippen LogP contribution >= 0.6 is 0 Å². The molecule has 0 radical (unpaired) electrons. The van der Waals surface area contributed by atoms with Crippen LogP contribution in [0.25, 0.3) is 5.65 Å². The third kappa shape index (κ3) is 6.52. The summed E-state index contributed by atoms with van der Waals surface area (Å²) in [7, 11) is 0. The first kappa shape index (κ1) is 32.4. The number of hydrogen-bond acceptors (Lipinski definition) is 5. The summed E-state index contributed by atoms with van der Waals surface area (Å²) >= 11 is 0. The van der Waals surface area contributed by atoms with Crippen LogP contribution in [0.2, 0.25) is 0 Å². The number of halogens is 12. The SMILES string of the molecule is O=C(CNC(=O)c1ccc(C2=NOC(c3cc(C(F)(F)F)cc(C(F)(F)F)c3)(C(F)(F)F)C2)c2nccn12)NCC(F)(F)F. The van der Waals surface area contributed by atoms with Crippen LogP contribution in [0.5, 0.6) is 0 Å². The molecule has 238 valence electrons. The monoisotopic (exact) mass is 649 g/mol. The highest BCUT2D eigenvalue weighted by atomic mass is 19.4. The second-order valence-corrected chi connectivity index (χ2v) is 9.25. The number of fused-ring (bicyclic) bond motifs is 1. The Labute approximate surface area is 236 Å². The molecule has 0 fully saturated rings. The minimum absolute atomic E-state index is 0.120. The number of carbonyl (C=O) groups excluding carboxylic acids is 2. The van der Waals surface area contributed by atoms with Crippen LogP contribution in [0, 0.1) is 0 Å². The van der Waals surface area contributed by atoms with Gasteiger partial charge in [-0.3, -0.25) is 14.0 Å². The van der Waals surface area contributed by atoms with Crippen LogP contribution in [-0.4, -0.2) is 52.4 Å². The summed E-state index contributed by atoms with van der Waals surface area (Å²) in [5.74, 6) is -2.22. The molecule has 0 saturated carbocycles. The van der Waals surface area contributed by atoms with Gasteiger partial charge in [-0.05, 0) is 30.3 Å². The number of carbonyl (C=O) groups is 2. The molecule has 1 aliphatic rings. The van der Waals surface area contributed by atoms with E-state index in [0.29, 0.717) is 0 Å². The molecule has 3 aromatic rings. The van der Waals surface area contributed by atoms with Crippen molar-refractivity contribution in [3.63, 3.8) is 0 Å². The van der Waals surface area contributed by atoms with Gasteiger partial charge in [0.25, 0.3) is 11.5 Å². The second kappa shape index (κ2) is 10.9. The maximum absolute atomic E-state index is 14.4. The molecule has 1 unspecified atom stereocenters. The number of nitrogens with zero attached hydrogens (tertiary/aromatic N) is 3. The van der Waals surface area contributed by atoms with E-state index < -0.39 is 84.0 Å². The Hall–Kier alpha value is -4.52. The lowest BCUT2D eigenvalue weighted by molar-refractivity contribution is -0.276. The third-order valence-electron chi connectivity index (χ3n) is 6.23. The van der Waals surface area contributed by atoms with Gasteiger partial charge in [0.2, 0.25) is 5.91 Å². The fourth-order valence-corrected chi connectivity index (χ4v) is 4.17. The first-order valence-corrected chi connectivity index (χ1v) is 11.8. The van der Waals surface area contributed by atoms with Gasteiger partial charge in [-0.2, -0.15) is 52.7 Å². The summed E-state index contributed by atoms with van der Waals surface area (Å²) < 4.78 is 161. The van der Waals surface area contributed by atoms with Crippen molar-refractivity contribution in [1.29, 1.82) is 0 Å². The van der Waals surface area contributed by atoms with Crippen LogP contribution in [0.1, 0.15) is 39.2 Å². The number of hydrogen-bond donors (Lipinski definition) is 2. The maximum atomic E-state index is 14.4. The van der Waals surface area contributed by atoms with Crippen molar-refractivity contribution in [2.75, 3.05) is 13.1 Å². The number of rotatable bonds is 6. The molecular formula is C24H15F12N5O3. The van der Waals surface area contributed by atoms with Crippen molar-refractivity contribution in [3.8, 4) is 0 Å². The van der Waals surface area contributed by atoms with E-state index in [-0.39, 0.29) is 35.1 Å². The highest BCUT2D eigenvalue weighted by Crippen LogP contribution is 2.51. The molecule has 44 heavy (non-hydrogen) atoms. The Bertz CT molecular complexity index is 1590. The van der Waals surface area contributed by atoms with Gasteiger partial charge in [0.15, 0.2) is 0 Å². The predicted molar refractivity (Wildman–Crippen MR) is 123 cm³/mol. The van der Waals surface area contributed by atoms with E-state index in [2.05, 4.69) is 15.0 Å². The molecule has 2 amide bonds. The van der Waals surface area contributed by atoms with Crippen LogP contribution in [-0.2, 0) is 27.6 Å². The minimum Gasteiger partial charge on any atom is -0.374 e. The molecule has 1 aromatic carbocycles. The van der Waals surface area contributed by atoms with Gasteiger partial charge >= 0.3 is 24.7 Å². The normalized spacial score (nSPS) is 17.8. The summed E-state index contributed by atoms with van der Waals surface area (Å²) in [6.07, 6.45) is -20.4. The van der Waals surface area contributed by atoms with E-state index in [1.807, 2.05) is 5.32 Å². The lowest BCUT2D eigenvalue weighted by Crippen LogP contribution is -2.43. The van der Waals surface area contributed by atoms with Gasteiger partial charge in [0.1, 0.15) is 17.9 Å². The van der Waals surface area contributed by atoms with Crippen LogP contribution in [0.15, 0.2) is 47.9 Å². The zero-order chi connectivity index (χ0) is 32.9. The van der Waals surface area contributed by atoms with E-state index in [9.17, 15) is 62.3 Å². The van der Waals surface area contributed by atoms with Gasteiger partial charge in [-0.25, -0.2) is 4.98 Å². The van der Waals surface area contributed by atoms with Gasteiger partial charge < -0.3 is 15.5 Å². The van der Waals surface area contributed by atoms with E-state index in [1.165, 1.54) is 5.32 Å². The van der Waals surface area contributed by atoms with E-state index in [4.69, 9.17) is 0 Å². The van der Waals surface area contributed by atoms with E-state index in [1.54, 1.807) is 0 Å². The number of alkyl halides is 12. The van der Waals surface area contributed by atoms with Gasteiger partial charge in [0, 0.05) is 23.5 Å². The Morgan fingerprint density at radius 2 is 1.50 bits per heavy atom. The number of amides is 2. The van der Waals surface area contributed by atoms with Crippen molar-refractivity contribution in [3.05, 3.63) is 70.7 Å². The predicted octanol–water partition coefficient (Wildman–Crippen LogP) is 5.36. The zero-order valence-corrected chi connectivity index (χ0v) is 21.3. The molecule has 1 atom stereocenters. The van der Waals surface area contributed by atoms with Crippen LogP contribution in [0.3, 0.4) is 0 Å². The molecule has 20 heteroatoms. The molecule has 8 nitrogen and oxygen atoms in total. The summed E-state index contributed by atoms with van der Waals surface area (Å²) in [6, 6.07) is 1.41. The fourth-order valence-electron chi connectivity index (χ4n) is 4.17. The molecule has 0 spiro atoms. The lowest BCUT2D eigenvalue weighted by Gasteiger charge is -2.30. The standard InChI is InChI=1S/C24H15F12N5O3/c25-21(26,27)10-39-17(42)9-38-19(43)16-2-1-14(18-37-3-4-41(16)18)15-8-20(44-40-15,24(34,35)36)11-5-12(22(28,29)30)7-13(6-11)23(31,32)33/h1-7H,8-10H2,(H,38,43)(H,39,42). The number of benzene rings is 1. The first-order chi connectivity index (χ1) is 20.1. The van der Waals surface area contributed by atoms with Crippen LogP contribution in [0.4, 0.5) is 52.7 Å². The van der Waals surface area contributed by atoms with Gasteiger partial charge in [-0.1, -0.05) is 5.16 Å². The van der Waals surface area contributed by atoms with Crippen LogP contribution < -0.4 is 10.6 Å². The number of imidazole rings is 1.